The zero-order valence-electron chi connectivity index (χ0n) is 18.7. The molecule has 2 aliphatic heterocycles. The van der Waals surface area contributed by atoms with Gasteiger partial charge in [0, 0.05) is 41.9 Å². The van der Waals surface area contributed by atoms with Gasteiger partial charge in [-0.05, 0) is 66.9 Å². The van der Waals surface area contributed by atoms with E-state index >= 15 is 0 Å². The fraction of sp³-hybridized carbons (Fsp3) is 0.269. The van der Waals surface area contributed by atoms with Crippen molar-refractivity contribution in [2.24, 2.45) is 0 Å². The summed E-state index contributed by atoms with van der Waals surface area (Å²) in [6, 6.07) is 14.6. The Labute approximate surface area is 215 Å². The molecule has 0 atom stereocenters. The van der Waals surface area contributed by atoms with Crippen LogP contribution in [0.25, 0.3) is 0 Å². The number of carbonyl (C=O) groups is 2. The highest BCUT2D eigenvalue weighted by Gasteiger charge is 2.53. The number of rotatable bonds is 5. The summed E-state index contributed by atoms with van der Waals surface area (Å²) in [7, 11) is 0. The van der Waals surface area contributed by atoms with Crippen LogP contribution in [0.15, 0.2) is 65.3 Å². The van der Waals surface area contributed by atoms with Crippen LogP contribution >= 0.6 is 27.5 Å². The van der Waals surface area contributed by atoms with Gasteiger partial charge in [-0.2, -0.15) is 0 Å². The standard InChI is InChI=1S/C26H22BrClFN3O3/c27-22-8-5-20(29)12-18(22)13-24(33)32-11-1-10-26(32)15-31(16-26)25(34)17-2-6-21(7-3-17)35-23-9-4-19(28)14-30-23/h2-9,12,14H,1,10-11,13,15-16H2. The minimum Gasteiger partial charge on any atom is -0.439 e. The molecule has 0 aliphatic carbocycles. The molecule has 35 heavy (non-hydrogen) atoms. The molecule has 5 rings (SSSR count). The number of hydrogen-bond donors (Lipinski definition) is 0. The van der Waals surface area contributed by atoms with E-state index in [0.717, 1.165) is 12.8 Å². The third kappa shape index (κ3) is 4.90. The first kappa shape index (κ1) is 23.8. The average Bonchev–Trinajstić information content (AvgIpc) is 3.28. The van der Waals surface area contributed by atoms with Crippen LogP contribution in [0.5, 0.6) is 11.6 Å². The molecule has 1 aromatic heterocycles. The Balaban J connectivity index is 1.21. The molecule has 0 radical (unpaired) electrons. The van der Waals surface area contributed by atoms with Crippen LogP contribution in [0.4, 0.5) is 4.39 Å². The van der Waals surface area contributed by atoms with E-state index in [2.05, 4.69) is 20.9 Å². The van der Waals surface area contributed by atoms with E-state index < -0.39 is 0 Å². The lowest BCUT2D eigenvalue weighted by molar-refractivity contribution is -0.140. The maximum absolute atomic E-state index is 13.6. The van der Waals surface area contributed by atoms with Gasteiger partial charge in [0.2, 0.25) is 11.8 Å². The number of hydrogen-bond acceptors (Lipinski definition) is 4. The first-order chi connectivity index (χ1) is 16.8. The Morgan fingerprint density at radius 3 is 2.60 bits per heavy atom. The van der Waals surface area contributed by atoms with Gasteiger partial charge < -0.3 is 14.5 Å². The van der Waals surface area contributed by atoms with Gasteiger partial charge in [0.15, 0.2) is 0 Å². The number of aromatic nitrogens is 1. The first-order valence-corrected chi connectivity index (χ1v) is 12.4. The van der Waals surface area contributed by atoms with E-state index in [9.17, 15) is 14.0 Å². The summed E-state index contributed by atoms with van der Waals surface area (Å²) in [6.07, 6.45) is 3.37. The molecule has 0 bridgehead atoms. The molecule has 9 heteroatoms. The van der Waals surface area contributed by atoms with Gasteiger partial charge in [-0.25, -0.2) is 9.37 Å². The minimum atomic E-state index is -0.367. The zero-order chi connectivity index (χ0) is 24.6. The molecular weight excluding hydrogens is 537 g/mol. The summed E-state index contributed by atoms with van der Waals surface area (Å²) in [4.78, 5) is 33.9. The van der Waals surface area contributed by atoms with E-state index in [0.29, 0.717) is 51.9 Å². The highest BCUT2D eigenvalue weighted by molar-refractivity contribution is 9.10. The van der Waals surface area contributed by atoms with Crippen LogP contribution in [0, 0.1) is 5.82 Å². The summed E-state index contributed by atoms with van der Waals surface area (Å²) < 4.78 is 20.0. The second-order valence-corrected chi connectivity index (χ2v) is 10.2. The van der Waals surface area contributed by atoms with Gasteiger partial charge in [-0.1, -0.05) is 27.5 Å². The van der Waals surface area contributed by atoms with Crippen LogP contribution in [0.2, 0.25) is 5.02 Å². The molecule has 6 nitrogen and oxygen atoms in total. The van der Waals surface area contributed by atoms with Crippen molar-refractivity contribution in [1.29, 1.82) is 0 Å². The van der Waals surface area contributed by atoms with Crippen LogP contribution in [-0.4, -0.2) is 51.8 Å². The third-order valence-electron chi connectivity index (χ3n) is 6.53. The van der Waals surface area contributed by atoms with Crippen molar-refractivity contribution in [1.82, 2.24) is 14.8 Å². The molecule has 0 saturated carbocycles. The number of pyridine rings is 1. The fourth-order valence-corrected chi connectivity index (χ4v) is 5.29. The number of benzene rings is 2. The summed E-state index contributed by atoms with van der Waals surface area (Å²) in [5.41, 5.74) is 0.840. The van der Waals surface area contributed by atoms with Crippen molar-refractivity contribution >= 4 is 39.3 Å². The molecule has 3 heterocycles. The summed E-state index contributed by atoms with van der Waals surface area (Å²) in [5, 5.41) is 0.523. The molecule has 2 aliphatic rings. The van der Waals surface area contributed by atoms with Crippen molar-refractivity contribution in [3.05, 3.63) is 87.2 Å². The number of ether oxygens (including phenoxy) is 1. The van der Waals surface area contributed by atoms with Crippen LogP contribution < -0.4 is 4.74 Å². The Kier molecular flexibility index (Phi) is 6.51. The van der Waals surface area contributed by atoms with E-state index in [1.807, 2.05) is 4.90 Å². The molecule has 2 saturated heterocycles. The Morgan fingerprint density at radius 2 is 1.89 bits per heavy atom. The Morgan fingerprint density at radius 1 is 1.11 bits per heavy atom. The molecule has 1 spiro atoms. The smallest absolute Gasteiger partial charge is 0.254 e. The minimum absolute atomic E-state index is 0.0433. The lowest BCUT2D eigenvalue weighted by Crippen LogP contribution is -2.70. The van der Waals surface area contributed by atoms with Gasteiger partial charge >= 0.3 is 0 Å². The van der Waals surface area contributed by atoms with Crippen molar-refractivity contribution in [3.8, 4) is 11.6 Å². The summed E-state index contributed by atoms with van der Waals surface area (Å²) in [5.74, 6) is 0.479. The van der Waals surface area contributed by atoms with Crippen LogP contribution in [0.3, 0.4) is 0 Å². The molecule has 3 aromatic rings. The van der Waals surface area contributed by atoms with E-state index in [4.69, 9.17) is 16.3 Å². The van der Waals surface area contributed by atoms with E-state index in [1.165, 1.54) is 18.3 Å². The SMILES string of the molecule is O=C(c1ccc(Oc2ccc(Cl)cn2)cc1)N1CC2(CCCN2C(=O)Cc2cc(F)ccc2Br)C1. The summed E-state index contributed by atoms with van der Waals surface area (Å²) >= 11 is 9.24. The number of likely N-dealkylation sites (tertiary alicyclic amines) is 2. The molecule has 180 valence electrons. The molecular formula is C26H22BrClFN3O3. The number of carbonyl (C=O) groups excluding carboxylic acids is 2. The molecule has 2 amide bonds. The van der Waals surface area contributed by atoms with Gasteiger partial charge in [0.1, 0.15) is 11.6 Å². The fourth-order valence-electron chi connectivity index (χ4n) is 4.79. The van der Waals surface area contributed by atoms with E-state index in [-0.39, 0.29) is 29.6 Å². The van der Waals surface area contributed by atoms with Gasteiger partial charge in [0.05, 0.1) is 17.0 Å². The highest BCUT2D eigenvalue weighted by Crippen LogP contribution is 2.39. The maximum atomic E-state index is 13.6. The van der Waals surface area contributed by atoms with Crippen molar-refractivity contribution in [2.45, 2.75) is 24.8 Å². The highest BCUT2D eigenvalue weighted by atomic mass is 79.9. The largest absolute Gasteiger partial charge is 0.439 e. The maximum Gasteiger partial charge on any atom is 0.254 e. The molecule has 0 N–H and O–H groups in total. The van der Waals surface area contributed by atoms with Crippen molar-refractivity contribution in [2.75, 3.05) is 19.6 Å². The Hall–Kier alpha value is -2.97. The monoisotopic (exact) mass is 557 g/mol. The van der Waals surface area contributed by atoms with Crippen LogP contribution in [-0.2, 0) is 11.2 Å². The average molecular weight is 559 g/mol. The van der Waals surface area contributed by atoms with E-state index in [1.54, 1.807) is 47.4 Å². The lowest BCUT2D eigenvalue weighted by atomic mass is 9.86. The predicted octanol–water partition coefficient (Wildman–Crippen LogP) is 5.49. The molecule has 0 unspecified atom stereocenters. The van der Waals surface area contributed by atoms with Gasteiger partial charge in [-0.15, -0.1) is 0 Å². The topological polar surface area (TPSA) is 62.7 Å². The van der Waals surface area contributed by atoms with Gasteiger partial charge in [-0.3, -0.25) is 9.59 Å². The van der Waals surface area contributed by atoms with Gasteiger partial charge in [0.25, 0.3) is 5.91 Å². The number of amides is 2. The zero-order valence-corrected chi connectivity index (χ0v) is 21.1. The Bertz CT molecular complexity index is 1260. The number of nitrogens with zero attached hydrogens (tertiary/aromatic N) is 3. The third-order valence-corrected chi connectivity index (χ3v) is 7.53. The predicted molar refractivity (Wildman–Crippen MR) is 133 cm³/mol. The normalized spacial score (nSPS) is 16.3. The first-order valence-electron chi connectivity index (χ1n) is 11.3. The second-order valence-electron chi connectivity index (χ2n) is 8.89. The molecule has 2 aromatic carbocycles. The van der Waals surface area contributed by atoms with Crippen molar-refractivity contribution < 1.29 is 18.7 Å². The molecule has 2 fully saturated rings. The van der Waals surface area contributed by atoms with Crippen LogP contribution in [0.1, 0.15) is 28.8 Å². The number of halogens is 3. The lowest BCUT2D eigenvalue weighted by Gasteiger charge is -2.52. The van der Waals surface area contributed by atoms with Crippen molar-refractivity contribution in [3.63, 3.8) is 0 Å². The summed E-state index contributed by atoms with van der Waals surface area (Å²) in [6.45, 7) is 1.64. The quantitative estimate of drug-likeness (QED) is 0.416. The second kappa shape index (κ2) is 9.59.